The molecule has 1 aliphatic carbocycles. The molecule has 9 rings (SSSR count). The number of phenolic OH excluding ortho intramolecular Hbond substituents is 1. The summed E-state index contributed by atoms with van der Waals surface area (Å²) in [6.45, 7) is -0.395. The molecule has 4 atom stereocenters. The zero-order valence-corrected chi connectivity index (χ0v) is 35.4. The van der Waals surface area contributed by atoms with E-state index in [1.165, 1.54) is 40.3 Å². The number of halogens is 5. The van der Waals surface area contributed by atoms with Gasteiger partial charge in [-0.15, -0.1) is 0 Å². The molecule has 330 valence electrons. The number of pyridine rings is 1. The Labute approximate surface area is 369 Å². The van der Waals surface area contributed by atoms with Crippen LogP contribution in [0.5, 0.6) is 17.2 Å². The van der Waals surface area contributed by atoms with E-state index in [-0.39, 0.29) is 37.4 Å². The van der Waals surface area contributed by atoms with E-state index in [9.17, 15) is 37.5 Å². The molecule has 64 heavy (non-hydrogen) atoms. The van der Waals surface area contributed by atoms with Gasteiger partial charge in [-0.25, -0.2) is 33.5 Å². The first-order chi connectivity index (χ1) is 30.5. The summed E-state index contributed by atoms with van der Waals surface area (Å²) in [4.78, 5) is 80.9. The summed E-state index contributed by atoms with van der Waals surface area (Å²) < 4.78 is 56.2. The Kier molecular flexibility index (Phi) is 10.2. The Morgan fingerprint density at radius 2 is 1.67 bits per heavy atom. The Morgan fingerprint density at radius 1 is 0.953 bits per heavy atom. The number of imide groups is 1. The maximum Gasteiger partial charge on any atom is 0.417 e. The van der Waals surface area contributed by atoms with Crippen molar-refractivity contribution in [3.05, 3.63) is 148 Å². The van der Waals surface area contributed by atoms with Gasteiger partial charge in [0.05, 0.1) is 59.8 Å². The van der Waals surface area contributed by atoms with Gasteiger partial charge in [-0.3, -0.25) is 19.8 Å². The second kappa shape index (κ2) is 15.4. The number of rotatable bonds is 9. The molecule has 21 heteroatoms. The van der Waals surface area contributed by atoms with Gasteiger partial charge in [0, 0.05) is 49.3 Å². The highest BCUT2D eigenvalue weighted by atomic mass is 35.5. The van der Waals surface area contributed by atoms with Crippen LogP contribution in [0, 0.1) is 5.92 Å². The molecule has 6 aromatic rings. The summed E-state index contributed by atoms with van der Waals surface area (Å²) in [6.07, 6.45) is -2.91. The number of allylic oxidation sites excluding steroid dienone is 2. The Morgan fingerprint density at radius 3 is 2.34 bits per heavy atom. The molecule has 2 aliphatic heterocycles. The molecule has 5 heterocycles. The summed E-state index contributed by atoms with van der Waals surface area (Å²) in [5, 5.41) is 11.3. The zero-order chi connectivity index (χ0) is 45.6. The number of fused-ring (bicyclic) bond motifs is 5. The van der Waals surface area contributed by atoms with Crippen molar-refractivity contribution < 1.29 is 37.3 Å². The molecule has 0 radical (unpaired) electrons. The van der Waals surface area contributed by atoms with Crippen LogP contribution in [0.2, 0.25) is 10.0 Å². The average molecular weight is 920 g/mol. The van der Waals surface area contributed by atoms with Gasteiger partial charge >= 0.3 is 17.6 Å². The molecule has 3 aliphatic rings. The predicted octanol–water partition coefficient (Wildman–Crippen LogP) is 5.36. The SMILES string of the molecule is COc1cc2nc(CCn3c(=O)n4n(c3=O)C3CC5C(=O)N(Nc6ncc(C(F)(F)F)cc6Cl)C(=O)C5(c5ccc(Cl)cc5)C(c5cccc(O)c5)C3=CC4)c(=O)n(C)c2cc1OC. The molecular weight excluding hydrogens is 884 g/mol. The van der Waals surface area contributed by atoms with Gasteiger partial charge in [-0.2, -0.15) is 18.2 Å². The van der Waals surface area contributed by atoms with Gasteiger partial charge in [0.1, 0.15) is 11.4 Å². The summed E-state index contributed by atoms with van der Waals surface area (Å²) in [5.74, 6) is -3.88. The minimum atomic E-state index is -4.79. The highest BCUT2D eigenvalue weighted by molar-refractivity contribution is 6.33. The number of hydrazine groups is 1. The average Bonchev–Trinajstić information content (AvgIpc) is 3.64. The second-order valence-electron chi connectivity index (χ2n) is 15.6. The monoisotopic (exact) mass is 918 g/mol. The highest BCUT2D eigenvalue weighted by Crippen LogP contribution is 2.62. The van der Waals surface area contributed by atoms with Crippen molar-refractivity contribution in [3.63, 3.8) is 0 Å². The van der Waals surface area contributed by atoms with E-state index in [2.05, 4.69) is 15.4 Å². The van der Waals surface area contributed by atoms with Gasteiger partial charge in [-0.1, -0.05) is 53.5 Å². The van der Waals surface area contributed by atoms with Crippen LogP contribution >= 0.6 is 23.2 Å². The number of methoxy groups -OCH3 is 2. The minimum Gasteiger partial charge on any atom is -0.508 e. The number of nitrogens with one attached hydrogen (secondary N) is 1. The van der Waals surface area contributed by atoms with Gasteiger partial charge in [0.25, 0.3) is 17.4 Å². The van der Waals surface area contributed by atoms with E-state index < -0.39 is 74.6 Å². The fourth-order valence-electron chi connectivity index (χ4n) is 9.45. The summed E-state index contributed by atoms with van der Waals surface area (Å²) in [5.41, 5.74) is -0.215. The van der Waals surface area contributed by atoms with Gasteiger partial charge in [-0.05, 0) is 53.5 Å². The van der Waals surface area contributed by atoms with Crippen molar-refractivity contribution in [1.29, 1.82) is 0 Å². The van der Waals surface area contributed by atoms with Crippen molar-refractivity contribution in [2.24, 2.45) is 13.0 Å². The number of aromatic nitrogens is 6. The zero-order valence-electron chi connectivity index (χ0n) is 33.9. The van der Waals surface area contributed by atoms with E-state index in [1.807, 2.05) is 0 Å². The number of nitrogens with zero attached hydrogens (tertiary/aromatic N) is 7. The first-order valence-electron chi connectivity index (χ1n) is 19.7. The van der Waals surface area contributed by atoms with Crippen LogP contribution in [-0.2, 0) is 47.7 Å². The first-order valence-corrected chi connectivity index (χ1v) is 20.4. The highest BCUT2D eigenvalue weighted by Gasteiger charge is 2.69. The second-order valence-corrected chi connectivity index (χ2v) is 16.4. The standard InChI is InChI=1S/C43H35Cl2F3N8O8/c1-52-32-19-34(64-3)33(63-2)18-30(32)50-29(38(52)59)12-13-53-40(61)54-14-11-26-31(56(54)41(53)62)17-27-37(58)55(51-36-28(45)16-23(20-49-36)43(46,47)48)39(60)42(27,22-7-9-24(44)10-8-22)35(26)21-5-4-6-25(57)15-21/h4-11,15-16,18-20,27,31,35,57H,12-14,17H2,1-3H3,(H,49,51). The van der Waals surface area contributed by atoms with Crippen molar-refractivity contribution in [3.8, 4) is 17.2 Å². The molecule has 2 N–H and O–H groups in total. The molecule has 0 spiro atoms. The van der Waals surface area contributed by atoms with Gasteiger partial charge < -0.3 is 19.1 Å². The number of benzene rings is 3. The normalized spacial score (nSPS) is 20.5. The lowest BCUT2D eigenvalue weighted by atomic mass is 9.53. The number of hydrogen-bond acceptors (Lipinski definition) is 11. The van der Waals surface area contributed by atoms with E-state index >= 15 is 4.79 Å². The fraction of sp³-hybridized carbons (Fsp3) is 0.279. The largest absolute Gasteiger partial charge is 0.508 e. The molecule has 2 fully saturated rings. The van der Waals surface area contributed by atoms with E-state index in [1.54, 1.807) is 61.7 Å². The van der Waals surface area contributed by atoms with Crippen LogP contribution in [0.25, 0.3) is 11.0 Å². The molecular formula is C43H35Cl2F3N8O8. The number of aryl methyl sites for hydroxylation is 2. The smallest absolute Gasteiger partial charge is 0.417 e. The lowest BCUT2D eigenvalue weighted by molar-refractivity contribution is -0.139. The summed E-state index contributed by atoms with van der Waals surface area (Å²) >= 11 is 12.6. The topological polar surface area (TPSA) is 185 Å². The summed E-state index contributed by atoms with van der Waals surface area (Å²) in [6, 6.07) is 15.1. The minimum absolute atomic E-state index is 0.0705. The third-order valence-corrected chi connectivity index (χ3v) is 12.9. The van der Waals surface area contributed by atoms with Crippen molar-refractivity contribution in [1.82, 2.24) is 33.5 Å². The third kappa shape index (κ3) is 6.46. The number of alkyl halides is 3. The molecule has 1 saturated heterocycles. The summed E-state index contributed by atoms with van der Waals surface area (Å²) in [7, 11) is 4.48. The quantitative estimate of drug-likeness (QED) is 0.141. The Bertz CT molecular complexity index is 3160. The molecule has 3 aromatic heterocycles. The van der Waals surface area contributed by atoms with E-state index in [0.717, 1.165) is 4.57 Å². The maximum absolute atomic E-state index is 15.3. The number of phenols is 1. The number of ether oxygens (including phenoxy) is 2. The number of hydrogen-bond donors (Lipinski definition) is 2. The molecule has 2 amide bonds. The van der Waals surface area contributed by atoms with Crippen molar-refractivity contribution in [2.75, 3.05) is 19.6 Å². The maximum atomic E-state index is 15.3. The van der Waals surface area contributed by atoms with E-state index in [0.29, 0.717) is 61.5 Å². The molecule has 0 bridgehead atoms. The number of carbonyl (C=O) groups is 2. The van der Waals surface area contributed by atoms with Crippen molar-refractivity contribution >= 4 is 51.9 Å². The molecule has 4 unspecified atom stereocenters. The predicted molar refractivity (Wildman–Crippen MR) is 226 cm³/mol. The number of aromatic hydroxyl groups is 1. The molecule has 1 saturated carbocycles. The van der Waals surface area contributed by atoms with Crippen molar-refractivity contribution in [2.45, 2.75) is 49.5 Å². The molecule has 16 nitrogen and oxygen atoms in total. The third-order valence-electron chi connectivity index (χ3n) is 12.3. The fourth-order valence-corrected chi connectivity index (χ4v) is 9.79. The lowest BCUT2D eigenvalue weighted by Crippen LogP contribution is -2.53. The van der Waals surface area contributed by atoms with Crippen LogP contribution in [0.1, 0.15) is 40.8 Å². The Balaban J connectivity index is 1.16. The number of anilines is 1. The van der Waals surface area contributed by atoms with Crippen LogP contribution in [0.3, 0.4) is 0 Å². The van der Waals surface area contributed by atoms with Crippen LogP contribution < -0.4 is 31.8 Å². The van der Waals surface area contributed by atoms with Crippen LogP contribution in [0.15, 0.2) is 99.0 Å². The number of amides is 2. The van der Waals surface area contributed by atoms with Gasteiger partial charge in [0.2, 0.25) is 0 Å². The first kappa shape index (κ1) is 42.4. The number of carbonyl (C=O) groups excluding carboxylic acids is 2. The molecule has 3 aromatic carbocycles. The Hall–Kier alpha value is -6.86. The van der Waals surface area contributed by atoms with Crippen LogP contribution in [-0.4, -0.2) is 64.6 Å². The van der Waals surface area contributed by atoms with Gasteiger partial charge in [0.15, 0.2) is 17.3 Å². The van der Waals surface area contributed by atoms with E-state index in [4.69, 9.17) is 32.7 Å². The van der Waals surface area contributed by atoms with Crippen LogP contribution in [0.4, 0.5) is 19.0 Å². The lowest BCUT2D eigenvalue weighted by Gasteiger charge is -2.49.